The number of nitrogens with zero attached hydrogens (tertiary/aromatic N) is 5. The highest BCUT2D eigenvalue weighted by Crippen LogP contribution is 2.32. The van der Waals surface area contributed by atoms with Gasteiger partial charge in [-0.1, -0.05) is 23.7 Å². The lowest BCUT2D eigenvalue weighted by Gasteiger charge is -2.27. The first-order valence-corrected chi connectivity index (χ1v) is 12.2. The maximum absolute atomic E-state index is 13.5. The second-order valence-corrected chi connectivity index (χ2v) is 9.22. The van der Waals surface area contributed by atoms with Crippen LogP contribution in [0.15, 0.2) is 47.7 Å². The summed E-state index contributed by atoms with van der Waals surface area (Å²) in [5.74, 6) is 0.521. The average molecular weight is 491 g/mol. The van der Waals surface area contributed by atoms with E-state index in [-0.39, 0.29) is 17.7 Å². The second-order valence-electron chi connectivity index (χ2n) is 8.81. The van der Waals surface area contributed by atoms with E-state index in [1.807, 2.05) is 38.1 Å². The first-order chi connectivity index (χ1) is 16.9. The average Bonchev–Trinajstić information content (AvgIpc) is 2.84. The normalized spacial score (nSPS) is 18.1. The third kappa shape index (κ3) is 4.63. The quantitative estimate of drug-likeness (QED) is 0.426. The Hall–Kier alpha value is -3.36. The Morgan fingerprint density at radius 2 is 2.00 bits per heavy atom. The molecule has 4 heterocycles. The van der Waals surface area contributed by atoms with Gasteiger partial charge in [0.15, 0.2) is 0 Å². The molecule has 1 saturated heterocycles. The van der Waals surface area contributed by atoms with Crippen LogP contribution in [0.3, 0.4) is 0 Å². The molecule has 5 rings (SSSR count). The minimum absolute atomic E-state index is 0.144. The Morgan fingerprint density at radius 3 is 2.74 bits per heavy atom. The molecule has 0 radical (unpaired) electrons. The van der Waals surface area contributed by atoms with E-state index in [4.69, 9.17) is 21.3 Å². The Morgan fingerprint density at radius 1 is 1.17 bits per heavy atom. The number of ether oxygens (including phenoxy) is 1. The van der Waals surface area contributed by atoms with Gasteiger partial charge < -0.3 is 10.1 Å². The largest absolute Gasteiger partial charge is 0.378 e. The fraction of sp³-hybridized carbons (Fsp3) is 0.346. The number of aryl methyl sites for hydroxylation is 2. The van der Waals surface area contributed by atoms with Crippen molar-refractivity contribution >= 4 is 28.6 Å². The molecule has 2 unspecified atom stereocenters. The van der Waals surface area contributed by atoms with Crippen molar-refractivity contribution in [3.8, 4) is 22.4 Å². The molecule has 35 heavy (non-hydrogen) atoms. The molecule has 0 aliphatic carbocycles. The summed E-state index contributed by atoms with van der Waals surface area (Å²) in [7, 11) is 0. The Bertz CT molecular complexity index is 1450. The summed E-state index contributed by atoms with van der Waals surface area (Å²) in [5.41, 5.74) is 4.04. The van der Waals surface area contributed by atoms with Crippen LogP contribution in [-0.4, -0.2) is 43.3 Å². The number of rotatable bonds is 5. The van der Waals surface area contributed by atoms with Crippen LogP contribution < -0.4 is 10.9 Å². The van der Waals surface area contributed by atoms with E-state index in [9.17, 15) is 4.79 Å². The lowest BCUT2D eigenvalue weighted by atomic mass is 10.0. The van der Waals surface area contributed by atoms with Gasteiger partial charge in [0.25, 0.3) is 5.56 Å². The summed E-state index contributed by atoms with van der Waals surface area (Å²) in [6.45, 7) is 7.09. The van der Waals surface area contributed by atoms with Crippen LogP contribution >= 0.6 is 11.6 Å². The molecule has 1 aliphatic rings. The molecule has 1 fully saturated rings. The highest BCUT2D eigenvalue weighted by Gasteiger charge is 2.21. The first kappa shape index (κ1) is 23.4. The van der Waals surface area contributed by atoms with Gasteiger partial charge in [0.05, 0.1) is 17.5 Å². The number of aromatic nitrogens is 5. The van der Waals surface area contributed by atoms with Crippen LogP contribution in [0.1, 0.15) is 32.4 Å². The first-order valence-electron chi connectivity index (χ1n) is 11.8. The molecule has 0 bridgehead atoms. The lowest BCUT2D eigenvalue weighted by molar-refractivity contribution is 0.0231. The van der Waals surface area contributed by atoms with E-state index in [0.29, 0.717) is 40.9 Å². The maximum atomic E-state index is 13.5. The molecule has 8 nitrogen and oxygen atoms in total. The molecule has 3 aromatic heterocycles. The molecule has 0 spiro atoms. The summed E-state index contributed by atoms with van der Waals surface area (Å²) in [4.78, 5) is 31.4. The van der Waals surface area contributed by atoms with Crippen molar-refractivity contribution in [2.75, 3.05) is 11.9 Å². The van der Waals surface area contributed by atoms with Gasteiger partial charge in [-0.2, -0.15) is 4.98 Å². The molecular formula is C26H27ClN6O2. The van der Waals surface area contributed by atoms with Gasteiger partial charge in [0, 0.05) is 64.9 Å². The van der Waals surface area contributed by atoms with Crippen molar-refractivity contribution in [2.24, 2.45) is 0 Å². The fourth-order valence-corrected chi connectivity index (χ4v) is 4.88. The zero-order valence-electron chi connectivity index (χ0n) is 20.0. The number of benzene rings is 1. The SMILES string of the molecule is CCn1c(=O)c(-c2ccc(-c3nccnc3C)cc2Cl)cc2cnc(NC3CCOC(C)C3)nc21. The summed E-state index contributed by atoms with van der Waals surface area (Å²) >= 11 is 6.68. The van der Waals surface area contributed by atoms with Gasteiger partial charge in [0.1, 0.15) is 5.65 Å². The van der Waals surface area contributed by atoms with Gasteiger partial charge in [-0.15, -0.1) is 0 Å². The number of hydrogen-bond acceptors (Lipinski definition) is 7. The fourth-order valence-electron chi connectivity index (χ4n) is 4.60. The van der Waals surface area contributed by atoms with Crippen LogP contribution in [0.2, 0.25) is 5.02 Å². The van der Waals surface area contributed by atoms with E-state index < -0.39 is 0 Å². The van der Waals surface area contributed by atoms with Crippen LogP contribution in [0.4, 0.5) is 5.95 Å². The number of anilines is 1. The van der Waals surface area contributed by atoms with Crippen molar-refractivity contribution in [3.05, 3.63) is 63.9 Å². The van der Waals surface area contributed by atoms with Crippen LogP contribution in [0.5, 0.6) is 0 Å². The zero-order chi connectivity index (χ0) is 24.5. The number of halogens is 1. The third-order valence-corrected chi connectivity index (χ3v) is 6.69. The minimum atomic E-state index is -0.144. The van der Waals surface area contributed by atoms with Crippen molar-refractivity contribution in [3.63, 3.8) is 0 Å². The Kier molecular flexibility index (Phi) is 6.49. The Balaban J connectivity index is 1.53. The zero-order valence-corrected chi connectivity index (χ0v) is 20.7. The molecule has 0 saturated carbocycles. The lowest BCUT2D eigenvalue weighted by Crippen LogP contribution is -2.33. The number of fused-ring (bicyclic) bond motifs is 1. The molecular weight excluding hydrogens is 464 g/mol. The van der Waals surface area contributed by atoms with E-state index in [2.05, 4.69) is 27.2 Å². The number of pyridine rings is 1. The van der Waals surface area contributed by atoms with Crippen LogP contribution in [0, 0.1) is 6.92 Å². The van der Waals surface area contributed by atoms with E-state index in [1.165, 1.54) is 0 Å². The van der Waals surface area contributed by atoms with Gasteiger partial charge in [-0.05, 0) is 45.7 Å². The van der Waals surface area contributed by atoms with E-state index in [1.54, 1.807) is 23.2 Å². The van der Waals surface area contributed by atoms with Crippen molar-refractivity contribution in [1.29, 1.82) is 0 Å². The molecule has 4 aromatic rings. The van der Waals surface area contributed by atoms with E-state index in [0.717, 1.165) is 35.2 Å². The summed E-state index contributed by atoms with van der Waals surface area (Å²) in [5, 5.41) is 4.65. The highest BCUT2D eigenvalue weighted by atomic mass is 35.5. The topological polar surface area (TPSA) is 94.8 Å². The second kappa shape index (κ2) is 9.71. The van der Waals surface area contributed by atoms with Crippen molar-refractivity contribution < 1.29 is 4.74 Å². The van der Waals surface area contributed by atoms with Crippen LogP contribution in [0.25, 0.3) is 33.4 Å². The van der Waals surface area contributed by atoms with Gasteiger partial charge in [-0.25, -0.2) is 4.98 Å². The van der Waals surface area contributed by atoms with Crippen molar-refractivity contribution in [2.45, 2.75) is 52.3 Å². The van der Waals surface area contributed by atoms with Gasteiger partial charge in [-0.3, -0.25) is 19.3 Å². The van der Waals surface area contributed by atoms with Crippen LogP contribution in [-0.2, 0) is 11.3 Å². The minimum Gasteiger partial charge on any atom is -0.378 e. The summed E-state index contributed by atoms with van der Waals surface area (Å²) in [6, 6.07) is 7.66. The number of hydrogen-bond donors (Lipinski definition) is 1. The monoisotopic (exact) mass is 490 g/mol. The predicted octanol–water partition coefficient (Wildman–Crippen LogP) is 4.88. The highest BCUT2D eigenvalue weighted by molar-refractivity contribution is 6.33. The van der Waals surface area contributed by atoms with E-state index >= 15 is 0 Å². The van der Waals surface area contributed by atoms with Gasteiger partial charge >= 0.3 is 0 Å². The molecule has 1 N–H and O–H groups in total. The molecule has 9 heteroatoms. The maximum Gasteiger partial charge on any atom is 0.260 e. The molecule has 0 amide bonds. The molecule has 2 atom stereocenters. The molecule has 1 aromatic carbocycles. The van der Waals surface area contributed by atoms with Gasteiger partial charge in [0.2, 0.25) is 5.95 Å². The third-order valence-electron chi connectivity index (χ3n) is 6.38. The number of nitrogens with one attached hydrogen (secondary N) is 1. The predicted molar refractivity (Wildman–Crippen MR) is 138 cm³/mol. The molecule has 1 aliphatic heterocycles. The molecule has 180 valence electrons. The smallest absolute Gasteiger partial charge is 0.260 e. The standard InChI is InChI=1S/C26H27ClN6O2/c1-4-33-24-18(14-30-26(32-24)31-19-7-10-35-15(2)11-19)12-21(25(33)34)20-6-5-17(13-22(20)27)23-16(3)28-8-9-29-23/h5-6,8-9,12-15,19H,4,7,10-11H2,1-3H3,(H,30,31,32). The summed E-state index contributed by atoms with van der Waals surface area (Å²) < 4.78 is 7.30. The Labute approximate surface area is 208 Å². The summed E-state index contributed by atoms with van der Waals surface area (Å²) in [6.07, 6.45) is 7.06. The van der Waals surface area contributed by atoms with Crippen molar-refractivity contribution in [1.82, 2.24) is 24.5 Å².